The van der Waals surface area contributed by atoms with Gasteiger partial charge in [-0.1, -0.05) is 37.0 Å². The Bertz CT molecular complexity index is 777. The smallest absolute Gasteiger partial charge is 0.307 e. The van der Waals surface area contributed by atoms with Crippen LogP contribution in [0.25, 0.3) is 0 Å². The number of carboxylic acids is 1. The van der Waals surface area contributed by atoms with Gasteiger partial charge in [-0.3, -0.25) is 9.59 Å². The minimum absolute atomic E-state index is 0.0735. The molecule has 0 spiro atoms. The van der Waals surface area contributed by atoms with Crippen molar-refractivity contribution in [2.45, 2.75) is 32.6 Å². The first-order valence-corrected chi connectivity index (χ1v) is 7.80. The lowest BCUT2D eigenvalue weighted by atomic mass is 10.0. The molecule has 0 aliphatic carbocycles. The van der Waals surface area contributed by atoms with Crippen LogP contribution in [0.2, 0.25) is 10.0 Å². The Morgan fingerprint density at radius 2 is 1.87 bits per heavy atom. The molecule has 1 aromatic heterocycles. The van der Waals surface area contributed by atoms with E-state index in [9.17, 15) is 9.59 Å². The van der Waals surface area contributed by atoms with Crippen LogP contribution >= 0.6 is 23.2 Å². The highest BCUT2D eigenvalue weighted by atomic mass is 35.5. The Hall–Kier alpha value is -1.85. The van der Waals surface area contributed by atoms with E-state index in [0.717, 1.165) is 0 Å². The van der Waals surface area contributed by atoms with Crippen LogP contribution in [0.5, 0.6) is 0 Å². The van der Waals surface area contributed by atoms with Gasteiger partial charge in [0, 0.05) is 22.0 Å². The quantitative estimate of drug-likeness (QED) is 0.861. The van der Waals surface area contributed by atoms with Crippen molar-refractivity contribution in [3.8, 4) is 0 Å². The molecule has 1 aromatic carbocycles. The Morgan fingerprint density at radius 1 is 1.26 bits per heavy atom. The molecule has 0 saturated heterocycles. The van der Waals surface area contributed by atoms with E-state index in [-0.39, 0.29) is 17.9 Å². The number of carboxylic acid groups (broad SMARTS) is 1. The van der Waals surface area contributed by atoms with E-state index in [4.69, 9.17) is 28.3 Å². The van der Waals surface area contributed by atoms with Crippen LogP contribution in [0.1, 0.15) is 42.1 Å². The van der Waals surface area contributed by atoms with Gasteiger partial charge < -0.3 is 5.11 Å². The zero-order valence-corrected chi connectivity index (χ0v) is 14.2. The first-order valence-electron chi connectivity index (χ1n) is 7.05. The zero-order valence-electron chi connectivity index (χ0n) is 12.7. The Labute approximate surface area is 143 Å². The van der Waals surface area contributed by atoms with Gasteiger partial charge in [-0.15, -0.1) is 0 Å². The van der Waals surface area contributed by atoms with Crippen molar-refractivity contribution in [2.24, 2.45) is 0 Å². The summed E-state index contributed by atoms with van der Waals surface area (Å²) in [6, 6.07) is 4.92. The summed E-state index contributed by atoms with van der Waals surface area (Å²) in [5, 5.41) is 16.1. The number of nitrogens with zero attached hydrogens (tertiary/aromatic N) is 1. The summed E-state index contributed by atoms with van der Waals surface area (Å²) in [5.74, 6) is -0.877. The van der Waals surface area contributed by atoms with Crippen molar-refractivity contribution in [3.63, 3.8) is 0 Å². The van der Waals surface area contributed by atoms with E-state index in [1.54, 1.807) is 18.2 Å². The highest BCUT2D eigenvalue weighted by molar-refractivity contribution is 6.36. The summed E-state index contributed by atoms with van der Waals surface area (Å²) in [4.78, 5) is 22.5. The molecule has 0 saturated carbocycles. The number of aliphatic carboxylic acids is 1. The summed E-state index contributed by atoms with van der Waals surface area (Å²) in [6.45, 7) is 3.85. The number of rotatable bonds is 5. The van der Waals surface area contributed by atoms with Gasteiger partial charge in [-0.05, 0) is 35.2 Å². The SMILES string of the molecule is CC(C)c1cc(Cc2c(Cl)cc(CC(=O)O)cc2Cl)n[nH]c1=O. The van der Waals surface area contributed by atoms with Crippen LogP contribution in [0.3, 0.4) is 0 Å². The van der Waals surface area contributed by atoms with Crippen LogP contribution in [0.4, 0.5) is 0 Å². The molecule has 2 aromatic rings. The molecular formula is C16H16Cl2N2O3. The van der Waals surface area contributed by atoms with Crippen LogP contribution in [0.15, 0.2) is 23.0 Å². The molecule has 0 unspecified atom stereocenters. The lowest BCUT2D eigenvalue weighted by Crippen LogP contribution is -2.17. The summed E-state index contributed by atoms with van der Waals surface area (Å²) in [5.41, 5.74) is 2.26. The molecule has 7 heteroatoms. The number of nitrogens with one attached hydrogen (secondary N) is 1. The summed E-state index contributed by atoms with van der Waals surface area (Å²) < 4.78 is 0. The van der Waals surface area contributed by atoms with Crippen molar-refractivity contribution < 1.29 is 9.90 Å². The van der Waals surface area contributed by atoms with Gasteiger partial charge in [0.15, 0.2) is 0 Å². The third-order valence-electron chi connectivity index (χ3n) is 3.42. The number of benzene rings is 1. The zero-order chi connectivity index (χ0) is 17.1. The largest absolute Gasteiger partial charge is 0.481 e. The average molecular weight is 355 g/mol. The third kappa shape index (κ3) is 4.33. The predicted molar refractivity (Wildman–Crippen MR) is 89.6 cm³/mol. The molecule has 1 heterocycles. The molecule has 23 heavy (non-hydrogen) atoms. The normalized spacial score (nSPS) is 11.0. The van der Waals surface area contributed by atoms with E-state index in [1.165, 1.54) is 0 Å². The second kappa shape index (κ2) is 7.15. The minimum Gasteiger partial charge on any atom is -0.481 e. The standard InChI is InChI=1S/C16H16Cl2N2O3/c1-8(2)11-6-10(19-20-16(11)23)7-12-13(17)3-9(4-14(12)18)5-15(21)22/h3-4,6,8H,5,7H2,1-2H3,(H,20,23)(H,21,22). The van der Waals surface area contributed by atoms with E-state index >= 15 is 0 Å². The van der Waals surface area contributed by atoms with Crippen LogP contribution < -0.4 is 5.56 Å². The molecule has 0 radical (unpaired) electrons. The Morgan fingerprint density at radius 3 is 2.39 bits per heavy atom. The maximum absolute atomic E-state index is 11.7. The maximum atomic E-state index is 11.7. The number of H-pyrrole nitrogens is 1. The first kappa shape index (κ1) is 17.5. The first-order chi connectivity index (χ1) is 10.8. The molecular weight excluding hydrogens is 339 g/mol. The van der Waals surface area contributed by atoms with Crippen molar-refractivity contribution in [3.05, 3.63) is 61.0 Å². The molecule has 0 fully saturated rings. The predicted octanol–water partition coefficient (Wildman–Crippen LogP) is 3.42. The van der Waals surface area contributed by atoms with E-state index in [0.29, 0.717) is 38.9 Å². The molecule has 2 rings (SSSR count). The van der Waals surface area contributed by atoms with Gasteiger partial charge in [0.2, 0.25) is 0 Å². The minimum atomic E-state index is -0.950. The molecule has 5 nitrogen and oxygen atoms in total. The lowest BCUT2D eigenvalue weighted by molar-refractivity contribution is -0.136. The summed E-state index contributed by atoms with van der Waals surface area (Å²) in [7, 11) is 0. The maximum Gasteiger partial charge on any atom is 0.307 e. The van der Waals surface area contributed by atoms with Crippen molar-refractivity contribution in [1.82, 2.24) is 10.2 Å². The average Bonchev–Trinajstić information content (AvgIpc) is 2.43. The van der Waals surface area contributed by atoms with E-state index < -0.39 is 5.97 Å². The monoisotopic (exact) mass is 354 g/mol. The van der Waals surface area contributed by atoms with Gasteiger partial charge in [-0.2, -0.15) is 5.10 Å². The lowest BCUT2D eigenvalue weighted by Gasteiger charge is -2.10. The van der Waals surface area contributed by atoms with Gasteiger partial charge in [-0.25, -0.2) is 5.10 Å². The highest BCUT2D eigenvalue weighted by Gasteiger charge is 2.13. The van der Waals surface area contributed by atoms with Crippen molar-refractivity contribution >= 4 is 29.2 Å². The number of aromatic nitrogens is 2. The number of halogens is 2. The summed E-state index contributed by atoms with van der Waals surface area (Å²) >= 11 is 12.4. The second-order valence-corrected chi connectivity index (χ2v) is 6.40. The summed E-state index contributed by atoms with van der Waals surface area (Å²) in [6.07, 6.45) is 0.204. The molecule has 0 bridgehead atoms. The van der Waals surface area contributed by atoms with Gasteiger partial charge >= 0.3 is 5.97 Å². The molecule has 0 aliphatic rings. The number of hydrogen-bond donors (Lipinski definition) is 2. The van der Waals surface area contributed by atoms with Crippen LogP contribution in [-0.4, -0.2) is 21.3 Å². The van der Waals surface area contributed by atoms with Gasteiger partial charge in [0.05, 0.1) is 12.1 Å². The van der Waals surface area contributed by atoms with Crippen molar-refractivity contribution in [1.29, 1.82) is 0 Å². The number of hydrogen-bond acceptors (Lipinski definition) is 3. The third-order valence-corrected chi connectivity index (χ3v) is 4.10. The van der Waals surface area contributed by atoms with Crippen molar-refractivity contribution in [2.75, 3.05) is 0 Å². The molecule has 0 amide bonds. The molecule has 122 valence electrons. The second-order valence-electron chi connectivity index (χ2n) is 5.58. The molecule has 2 N–H and O–H groups in total. The number of aromatic amines is 1. The fourth-order valence-corrected chi connectivity index (χ4v) is 2.93. The van der Waals surface area contributed by atoms with Gasteiger partial charge in [0.25, 0.3) is 5.56 Å². The fraction of sp³-hybridized carbons (Fsp3) is 0.312. The number of carbonyl (C=O) groups is 1. The molecule has 0 atom stereocenters. The van der Waals surface area contributed by atoms with E-state index in [1.807, 2.05) is 13.8 Å². The molecule has 0 aliphatic heterocycles. The highest BCUT2D eigenvalue weighted by Crippen LogP contribution is 2.29. The van der Waals surface area contributed by atoms with Crippen LogP contribution in [0, 0.1) is 0 Å². The van der Waals surface area contributed by atoms with Crippen LogP contribution in [-0.2, 0) is 17.6 Å². The van der Waals surface area contributed by atoms with E-state index in [2.05, 4.69) is 10.2 Å². The fourth-order valence-electron chi connectivity index (χ4n) is 2.27. The topological polar surface area (TPSA) is 83.0 Å². The van der Waals surface area contributed by atoms with Gasteiger partial charge in [0.1, 0.15) is 0 Å². The Balaban J connectivity index is 2.35. The Kier molecular flexibility index (Phi) is 5.44.